The van der Waals surface area contributed by atoms with E-state index >= 15 is 0 Å². The van der Waals surface area contributed by atoms with E-state index in [4.69, 9.17) is 0 Å². The van der Waals surface area contributed by atoms with Crippen LogP contribution < -0.4 is 0 Å². The smallest absolute Gasteiger partial charge is 0.227 e. The summed E-state index contributed by atoms with van der Waals surface area (Å²) in [7, 11) is 2.04. The summed E-state index contributed by atoms with van der Waals surface area (Å²) in [6.07, 6.45) is 3.57. The number of aromatic nitrogens is 3. The van der Waals surface area contributed by atoms with Crippen LogP contribution >= 0.6 is 0 Å². The third-order valence-electron chi connectivity index (χ3n) is 5.64. The summed E-state index contributed by atoms with van der Waals surface area (Å²) in [6, 6.07) is 0. The van der Waals surface area contributed by atoms with Crippen molar-refractivity contribution >= 4 is 5.91 Å². The number of aliphatic hydroxyl groups is 1. The molecule has 7 heteroatoms. The maximum absolute atomic E-state index is 12.6. The van der Waals surface area contributed by atoms with E-state index in [0.29, 0.717) is 0 Å². The highest BCUT2D eigenvalue weighted by Crippen LogP contribution is 2.29. The van der Waals surface area contributed by atoms with Gasteiger partial charge in [0.2, 0.25) is 5.91 Å². The number of aliphatic hydroxyl groups excluding tert-OH is 1. The molecule has 0 saturated carbocycles. The van der Waals surface area contributed by atoms with Gasteiger partial charge >= 0.3 is 0 Å². The summed E-state index contributed by atoms with van der Waals surface area (Å²) in [4.78, 5) is 17.0. The van der Waals surface area contributed by atoms with E-state index in [0.717, 1.165) is 70.1 Å². The maximum atomic E-state index is 12.6. The molecule has 0 spiro atoms. The Morgan fingerprint density at radius 1 is 1.15 bits per heavy atom. The third kappa shape index (κ3) is 4.26. The number of rotatable bonds is 3. The minimum absolute atomic E-state index is 0.158. The number of piperidine rings is 2. The molecule has 2 saturated heterocycles. The number of carbonyl (C=O) groups excluding carboxylic acids is 1. The normalized spacial score (nSPS) is 23.4. The summed E-state index contributed by atoms with van der Waals surface area (Å²) in [6.45, 7) is 10.1. The molecule has 0 aromatic carbocycles. The van der Waals surface area contributed by atoms with Crippen LogP contribution in [0.4, 0.5) is 0 Å². The second-order valence-electron chi connectivity index (χ2n) is 8.88. The third-order valence-corrected chi connectivity index (χ3v) is 5.64. The van der Waals surface area contributed by atoms with Crippen molar-refractivity contribution in [3.05, 3.63) is 11.6 Å². The van der Waals surface area contributed by atoms with Gasteiger partial charge < -0.3 is 14.6 Å². The van der Waals surface area contributed by atoms with E-state index in [9.17, 15) is 9.90 Å². The molecule has 2 aliphatic heterocycles. The largest absolute Gasteiger partial charge is 0.393 e. The molecular formula is C19H33N5O2. The monoisotopic (exact) mass is 363 g/mol. The Labute approximate surface area is 156 Å². The lowest BCUT2D eigenvalue weighted by Crippen LogP contribution is -2.45. The molecule has 2 aliphatic rings. The van der Waals surface area contributed by atoms with Crippen molar-refractivity contribution in [3.8, 4) is 0 Å². The molecule has 3 rings (SSSR count). The Bertz CT molecular complexity index is 628. The van der Waals surface area contributed by atoms with Crippen molar-refractivity contribution < 1.29 is 9.90 Å². The number of hydrogen-bond acceptors (Lipinski definition) is 5. The van der Waals surface area contributed by atoms with Crippen LogP contribution in [0, 0.1) is 5.41 Å². The zero-order chi connectivity index (χ0) is 18.9. The first-order valence-corrected chi connectivity index (χ1v) is 9.83. The predicted molar refractivity (Wildman–Crippen MR) is 99.5 cm³/mol. The standard InChI is InChI=1S/C19H33N5O2/c1-19(2,3)18(26)24-9-5-6-14(12-24)17-21-20-16(22(17)4)13-23-10-7-15(25)8-11-23/h14-15,25H,5-13H2,1-4H3/t14-/m0/s1. The summed E-state index contributed by atoms with van der Waals surface area (Å²) in [5.41, 5.74) is -0.342. The van der Waals surface area contributed by atoms with Gasteiger partial charge in [0, 0.05) is 44.6 Å². The molecule has 146 valence electrons. The van der Waals surface area contributed by atoms with Crippen LogP contribution in [0.15, 0.2) is 0 Å². The molecule has 7 nitrogen and oxygen atoms in total. The molecule has 1 atom stereocenters. The zero-order valence-electron chi connectivity index (χ0n) is 16.6. The van der Waals surface area contributed by atoms with Gasteiger partial charge in [0.05, 0.1) is 12.6 Å². The Morgan fingerprint density at radius 2 is 1.85 bits per heavy atom. The highest BCUT2D eigenvalue weighted by atomic mass is 16.3. The van der Waals surface area contributed by atoms with E-state index in [1.807, 2.05) is 32.7 Å². The zero-order valence-corrected chi connectivity index (χ0v) is 16.6. The number of carbonyl (C=O) groups is 1. The fraction of sp³-hybridized carbons (Fsp3) is 0.842. The van der Waals surface area contributed by atoms with Crippen molar-refractivity contribution in [3.63, 3.8) is 0 Å². The van der Waals surface area contributed by atoms with Gasteiger partial charge in [0.25, 0.3) is 0 Å². The van der Waals surface area contributed by atoms with E-state index < -0.39 is 0 Å². The summed E-state index contributed by atoms with van der Waals surface area (Å²) >= 11 is 0. The van der Waals surface area contributed by atoms with Crippen LogP contribution in [0.25, 0.3) is 0 Å². The molecule has 1 aromatic heterocycles. The average Bonchev–Trinajstić information content (AvgIpc) is 2.96. The number of amides is 1. The molecule has 1 N–H and O–H groups in total. The Balaban J connectivity index is 1.66. The first-order chi connectivity index (χ1) is 12.3. The first-order valence-electron chi connectivity index (χ1n) is 9.83. The lowest BCUT2D eigenvalue weighted by molar-refractivity contribution is -0.140. The fourth-order valence-corrected chi connectivity index (χ4v) is 3.99. The van der Waals surface area contributed by atoms with Gasteiger partial charge in [-0.25, -0.2) is 0 Å². The van der Waals surface area contributed by atoms with E-state index in [2.05, 4.69) is 19.7 Å². The second kappa shape index (κ2) is 7.64. The molecule has 2 fully saturated rings. The van der Waals surface area contributed by atoms with Gasteiger partial charge in [-0.1, -0.05) is 20.8 Å². The number of nitrogens with zero attached hydrogens (tertiary/aromatic N) is 5. The quantitative estimate of drug-likeness (QED) is 0.881. The highest BCUT2D eigenvalue weighted by molar-refractivity contribution is 5.81. The van der Waals surface area contributed by atoms with E-state index in [-0.39, 0.29) is 23.3 Å². The van der Waals surface area contributed by atoms with Gasteiger partial charge in [-0.05, 0) is 25.7 Å². The Morgan fingerprint density at radius 3 is 2.50 bits per heavy atom. The van der Waals surface area contributed by atoms with Gasteiger partial charge in [-0.15, -0.1) is 10.2 Å². The summed E-state index contributed by atoms with van der Waals surface area (Å²) < 4.78 is 2.11. The van der Waals surface area contributed by atoms with Crippen molar-refractivity contribution in [2.45, 2.75) is 65.0 Å². The number of hydrogen-bond donors (Lipinski definition) is 1. The fourth-order valence-electron chi connectivity index (χ4n) is 3.99. The van der Waals surface area contributed by atoms with Crippen LogP contribution in [-0.2, 0) is 18.4 Å². The average molecular weight is 364 g/mol. The SMILES string of the molecule is Cn1c(CN2CCC(O)CC2)nnc1[C@H]1CCCN(C(=O)C(C)(C)C)C1. The molecule has 0 aliphatic carbocycles. The molecule has 0 radical (unpaired) electrons. The van der Waals surface area contributed by atoms with E-state index in [1.165, 1.54) is 0 Å². The van der Waals surface area contributed by atoms with Crippen LogP contribution in [0.2, 0.25) is 0 Å². The predicted octanol–water partition coefficient (Wildman–Crippen LogP) is 1.52. The maximum Gasteiger partial charge on any atom is 0.227 e. The van der Waals surface area contributed by atoms with Gasteiger partial charge in [0.1, 0.15) is 11.6 Å². The second-order valence-corrected chi connectivity index (χ2v) is 8.88. The van der Waals surface area contributed by atoms with Crippen LogP contribution in [0.1, 0.15) is 64.0 Å². The van der Waals surface area contributed by atoms with Crippen LogP contribution in [-0.4, -0.2) is 67.9 Å². The van der Waals surface area contributed by atoms with Gasteiger partial charge in [-0.3, -0.25) is 9.69 Å². The lowest BCUT2D eigenvalue weighted by atomic mass is 9.91. The molecule has 26 heavy (non-hydrogen) atoms. The van der Waals surface area contributed by atoms with Gasteiger partial charge in [0.15, 0.2) is 0 Å². The molecule has 1 amide bonds. The van der Waals surface area contributed by atoms with Gasteiger partial charge in [-0.2, -0.15) is 0 Å². The molecular weight excluding hydrogens is 330 g/mol. The van der Waals surface area contributed by atoms with Crippen molar-refractivity contribution in [1.82, 2.24) is 24.6 Å². The Kier molecular flexibility index (Phi) is 5.67. The summed E-state index contributed by atoms with van der Waals surface area (Å²) in [5.74, 6) is 2.43. The highest BCUT2D eigenvalue weighted by Gasteiger charge is 2.33. The lowest BCUT2D eigenvalue weighted by Gasteiger charge is -2.36. The van der Waals surface area contributed by atoms with Crippen LogP contribution in [0.5, 0.6) is 0 Å². The summed E-state index contributed by atoms with van der Waals surface area (Å²) in [5, 5.41) is 18.6. The minimum Gasteiger partial charge on any atom is -0.393 e. The molecule has 3 heterocycles. The molecule has 0 bridgehead atoms. The number of likely N-dealkylation sites (tertiary alicyclic amines) is 2. The molecule has 1 aromatic rings. The topological polar surface area (TPSA) is 74.5 Å². The van der Waals surface area contributed by atoms with Crippen molar-refractivity contribution in [1.29, 1.82) is 0 Å². The van der Waals surface area contributed by atoms with Crippen molar-refractivity contribution in [2.75, 3.05) is 26.2 Å². The first kappa shape index (κ1) is 19.3. The Hall–Kier alpha value is -1.47. The minimum atomic E-state index is -0.342. The van der Waals surface area contributed by atoms with Crippen molar-refractivity contribution in [2.24, 2.45) is 12.5 Å². The van der Waals surface area contributed by atoms with E-state index in [1.54, 1.807) is 0 Å². The molecule has 0 unspecified atom stereocenters. The van der Waals surface area contributed by atoms with Crippen LogP contribution in [0.3, 0.4) is 0 Å².